The summed E-state index contributed by atoms with van der Waals surface area (Å²) < 4.78 is 6.61. The fourth-order valence-corrected chi connectivity index (χ4v) is 3.63. The van der Waals surface area contributed by atoms with E-state index in [4.69, 9.17) is 9.84 Å². The lowest BCUT2D eigenvalue weighted by Gasteiger charge is -2.24. The van der Waals surface area contributed by atoms with Gasteiger partial charge in [0.25, 0.3) is 0 Å². The number of hydrogen-bond acceptors (Lipinski definition) is 4. The zero-order chi connectivity index (χ0) is 20.0. The van der Waals surface area contributed by atoms with E-state index in [0.29, 0.717) is 20.2 Å². The highest BCUT2D eigenvalue weighted by molar-refractivity contribution is 9.11. The maximum atomic E-state index is 12.3. The minimum atomic E-state index is -1.12. The Bertz CT molecular complexity index is 855. The predicted octanol–water partition coefficient (Wildman–Crippen LogP) is 5.48. The summed E-state index contributed by atoms with van der Waals surface area (Å²) in [6.07, 6.45) is 0.729. The van der Waals surface area contributed by atoms with Crippen LogP contribution in [-0.4, -0.2) is 22.3 Å². The van der Waals surface area contributed by atoms with Crippen molar-refractivity contribution in [2.45, 2.75) is 13.0 Å². The monoisotopic (exact) mass is 497 g/mol. The van der Waals surface area contributed by atoms with Gasteiger partial charge in [-0.05, 0) is 40.2 Å². The third-order valence-corrected chi connectivity index (χ3v) is 4.70. The number of amides is 1. The maximum Gasteiger partial charge on any atom is 0.412 e. The van der Waals surface area contributed by atoms with Gasteiger partial charge in [-0.2, -0.15) is 0 Å². The molecule has 2 atom stereocenters. The van der Waals surface area contributed by atoms with E-state index >= 15 is 0 Å². The van der Waals surface area contributed by atoms with Crippen molar-refractivity contribution < 1.29 is 24.5 Å². The average molecular weight is 499 g/mol. The Morgan fingerprint density at radius 3 is 2.48 bits per heavy atom. The van der Waals surface area contributed by atoms with Gasteiger partial charge in [-0.25, -0.2) is 9.59 Å². The number of benzene rings is 2. The molecule has 2 aromatic carbocycles. The first-order valence-corrected chi connectivity index (χ1v) is 9.48. The van der Waals surface area contributed by atoms with E-state index in [9.17, 15) is 14.7 Å². The fraction of sp³-hybridized carbons (Fsp3) is 0.158. The Labute approximate surface area is 173 Å². The molecular weight excluding hydrogens is 482 g/mol. The van der Waals surface area contributed by atoms with E-state index in [1.54, 1.807) is 43.3 Å². The Morgan fingerprint density at radius 1 is 1.19 bits per heavy atom. The number of carboxylic acids is 1. The molecule has 0 spiro atoms. The van der Waals surface area contributed by atoms with Crippen LogP contribution in [0.5, 0.6) is 5.75 Å². The number of carbonyl (C=O) groups excluding carboxylic acids is 1. The van der Waals surface area contributed by atoms with Crippen molar-refractivity contribution >= 4 is 49.6 Å². The van der Waals surface area contributed by atoms with Crippen LogP contribution in [0, 0.1) is 5.92 Å². The van der Waals surface area contributed by atoms with Gasteiger partial charge in [-0.3, -0.25) is 5.32 Å². The number of phenolic OH excluding ortho intramolecular Hbond substituents is 1. The van der Waals surface area contributed by atoms with Crippen molar-refractivity contribution in [1.82, 2.24) is 0 Å². The molecule has 0 fully saturated rings. The molecule has 0 saturated heterocycles. The van der Waals surface area contributed by atoms with Crippen LogP contribution >= 0.6 is 31.9 Å². The first kappa shape index (κ1) is 21.0. The molecule has 0 bridgehead atoms. The van der Waals surface area contributed by atoms with Gasteiger partial charge in [-0.1, -0.05) is 47.1 Å². The van der Waals surface area contributed by atoms with Crippen LogP contribution in [0.15, 0.2) is 63.6 Å². The van der Waals surface area contributed by atoms with Crippen LogP contribution in [-0.2, 0) is 9.53 Å². The largest absolute Gasteiger partial charge is 0.506 e. The van der Waals surface area contributed by atoms with E-state index in [0.717, 1.165) is 6.08 Å². The van der Waals surface area contributed by atoms with Gasteiger partial charge >= 0.3 is 12.1 Å². The Hall–Kier alpha value is -2.32. The number of carbonyl (C=O) groups is 2. The molecule has 142 valence electrons. The molecule has 2 rings (SSSR count). The van der Waals surface area contributed by atoms with E-state index in [1.165, 1.54) is 6.08 Å². The van der Waals surface area contributed by atoms with E-state index in [1.807, 2.05) is 6.07 Å². The smallest absolute Gasteiger partial charge is 0.412 e. The summed E-state index contributed by atoms with van der Waals surface area (Å²) in [6, 6.07) is 12.0. The summed E-state index contributed by atoms with van der Waals surface area (Å²) in [4.78, 5) is 23.2. The fourth-order valence-electron chi connectivity index (χ4n) is 2.38. The third kappa shape index (κ3) is 6.11. The second-order valence-electron chi connectivity index (χ2n) is 5.70. The molecule has 0 aliphatic carbocycles. The number of aliphatic carboxylic acids is 1. The minimum absolute atomic E-state index is 0.0914. The summed E-state index contributed by atoms with van der Waals surface area (Å²) in [7, 11) is 0. The highest BCUT2D eigenvalue weighted by atomic mass is 79.9. The summed E-state index contributed by atoms with van der Waals surface area (Å²) >= 11 is 6.59. The van der Waals surface area contributed by atoms with Crippen molar-refractivity contribution in [3.05, 3.63) is 69.1 Å². The molecule has 0 radical (unpaired) electrons. The number of anilines is 1. The molecule has 0 saturated carbocycles. The highest BCUT2D eigenvalue weighted by Gasteiger charge is 2.26. The van der Waals surface area contributed by atoms with E-state index in [2.05, 4.69) is 37.2 Å². The lowest BCUT2D eigenvalue weighted by atomic mass is 9.96. The highest BCUT2D eigenvalue weighted by Crippen LogP contribution is 2.40. The minimum Gasteiger partial charge on any atom is -0.506 e. The SMILES string of the molecule is C[C@H](/C=C/C(=O)O)[C@@H](OC(=O)Nc1ccccc1)c1cc(Br)cc(Br)c1O. The van der Waals surface area contributed by atoms with Crippen LogP contribution in [0.1, 0.15) is 18.6 Å². The van der Waals surface area contributed by atoms with Crippen LogP contribution in [0.2, 0.25) is 0 Å². The lowest BCUT2D eigenvalue weighted by Crippen LogP contribution is -2.21. The number of ether oxygens (including phenoxy) is 1. The molecule has 2 aromatic rings. The van der Waals surface area contributed by atoms with Crippen molar-refractivity contribution in [1.29, 1.82) is 0 Å². The van der Waals surface area contributed by atoms with E-state index in [-0.39, 0.29) is 5.75 Å². The van der Waals surface area contributed by atoms with Crippen LogP contribution < -0.4 is 5.32 Å². The molecular formula is C19H17Br2NO5. The molecule has 0 unspecified atom stereocenters. The van der Waals surface area contributed by atoms with Crippen LogP contribution in [0.4, 0.5) is 10.5 Å². The number of rotatable bonds is 6. The second-order valence-corrected chi connectivity index (χ2v) is 7.47. The Balaban J connectivity index is 2.32. The zero-order valence-corrected chi connectivity index (χ0v) is 17.4. The lowest BCUT2D eigenvalue weighted by molar-refractivity contribution is -0.131. The predicted molar refractivity (Wildman–Crippen MR) is 109 cm³/mol. The number of phenols is 1. The van der Waals surface area contributed by atoms with Gasteiger partial charge in [0.2, 0.25) is 0 Å². The molecule has 0 heterocycles. The molecule has 0 aliphatic heterocycles. The first-order chi connectivity index (χ1) is 12.8. The zero-order valence-electron chi connectivity index (χ0n) is 14.2. The summed E-state index contributed by atoms with van der Waals surface area (Å²) in [5.41, 5.74) is 0.886. The standard InChI is InChI=1S/C19H17Br2NO5/c1-11(7-8-16(23)24)18(14-9-12(20)10-15(21)17(14)25)27-19(26)22-13-5-3-2-4-6-13/h2-11,18,25H,1H3,(H,22,26)(H,23,24)/b8-7+/t11-,18-/m1/s1. The van der Waals surface area contributed by atoms with Gasteiger partial charge in [0, 0.05) is 27.7 Å². The normalized spacial score (nSPS) is 13.1. The van der Waals surface area contributed by atoms with Gasteiger partial charge < -0.3 is 14.9 Å². The average Bonchev–Trinajstić information content (AvgIpc) is 2.61. The molecule has 0 aromatic heterocycles. The number of carboxylic acid groups (broad SMARTS) is 1. The second kappa shape index (κ2) is 9.57. The van der Waals surface area contributed by atoms with Crippen molar-refractivity contribution in [3.8, 4) is 5.75 Å². The number of aromatic hydroxyl groups is 1. The molecule has 3 N–H and O–H groups in total. The Morgan fingerprint density at radius 2 is 1.85 bits per heavy atom. The van der Waals surface area contributed by atoms with Gasteiger partial charge in [-0.15, -0.1) is 0 Å². The van der Waals surface area contributed by atoms with Crippen LogP contribution in [0.3, 0.4) is 0 Å². The molecule has 8 heteroatoms. The molecule has 6 nitrogen and oxygen atoms in total. The molecule has 0 aliphatic rings. The quantitative estimate of drug-likeness (QED) is 0.458. The number of hydrogen-bond donors (Lipinski definition) is 3. The number of para-hydroxylation sites is 1. The first-order valence-electron chi connectivity index (χ1n) is 7.89. The van der Waals surface area contributed by atoms with E-state index < -0.39 is 24.1 Å². The molecule has 1 amide bonds. The van der Waals surface area contributed by atoms with Crippen molar-refractivity contribution in [2.24, 2.45) is 5.92 Å². The topological polar surface area (TPSA) is 95.9 Å². The number of nitrogens with one attached hydrogen (secondary N) is 1. The van der Waals surface area contributed by atoms with Gasteiger partial charge in [0.05, 0.1) is 4.47 Å². The van der Waals surface area contributed by atoms with Crippen LogP contribution in [0.25, 0.3) is 0 Å². The van der Waals surface area contributed by atoms with Gasteiger partial charge in [0.1, 0.15) is 11.9 Å². The van der Waals surface area contributed by atoms with Crippen molar-refractivity contribution in [2.75, 3.05) is 5.32 Å². The summed E-state index contributed by atoms with van der Waals surface area (Å²) in [6.45, 7) is 1.69. The summed E-state index contributed by atoms with van der Waals surface area (Å²) in [5.74, 6) is -1.73. The van der Waals surface area contributed by atoms with Gasteiger partial charge in [0.15, 0.2) is 0 Å². The molecule has 27 heavy (non-hydrogen) atoms. The Kier molecular flexibility index (Phi) is 7.44. The third-order valence-electron chi connectivity index (χ3n) is 3.64. The summed E-state index contributed by atoms with van der Waals surface area (Å²) in [5, 5.41) is 21.9. The van der Waals surface area contributed by atoms with Crippen molar-refractivity contribution in [3.63, 3.8) is 0 Å². The number of halogens is 2. The maximum absolute atomic E-state index is 12.3.